The third-order valence-electron chi connectivity index (χ3n) is 5.18. The van der Waals surface area contributed by atoms with Crippen LogP contribution < -0.4 is 10.6 Å². The summed E-state index contributed by atoms with van der Waals surface area (Å²) in [5, 5.41) is 5.87. The quantitative estimate of drug-likeness (QED) is 0.576. The number of carbonyl (C=O) groups is 3. The lowest BCUT2D eigenvalue weighted by Gasteiger charge is -2.30. The fraction of sp³-hybridized carbons (Fsp3) is 0.476. The van der Waals surface area contributed by atoms with E-state index in [-0.39, 0.29) is 30.0 Å². The van der Waals surface area contributed by atoms with Crippen LogP contribution in [0, 0.1) is 5.92 Å². The van der Waals surface area contributed by atoms with E-state index >= 15 is 0 Å². The smallest absolute Gasteiger partial charge is 0.348 e. The first-order valence-electron chi connectivity index (χ1n) is 9.69. The van der Waals surface area contributed by atoms with Crippen LogP contribution in [0.25, 0.3) is 0 Å². The molecule has 2 N–H and O–H groups in total. The van der Waals surface area contributed by atoms with Crippen LogP contribution in [-0.4, -0.2) is 36.4 Å². The monoisotopic (exact) mass is 386 g/mol. The summed E-state index contributed by atoms with van der Waals surface area (Å²) in [6, 6.07) is 9.14. The zero-order valence-corrected chi connectivity index (χ0v) is 16.2. The molecule has 0 saturated heterocycles. The Bertz CT molecular complexity index is 774. The van der Waals surface area contributed by atoms with Gasteiger partial charge in [0.05, 0.1) is 0 Å². The maximum absolute atomic E-state index is 12.5. The highest BCUT2D eigenvalue weighted by Gasteiger charge is 2.35. The van der Waals surface area contributed by atoms with Crippen LogP contribution in [-0.2, 0) is 23.9 Å². The van der Waals surface area contributed by atoms with Gasteiger partial charge in [-0.2, -0.15) is 0 Å². The second-order valence-electron chi connectivity index (χ2n) is 7.33. The highest BCUT2D eigenvalue weighted by molar-refractivity contribution is 6.20. The van der Waals surface area contributed by atoms with Gasteiger partial charge in [0.15, 0.2) is 18.3 Å². The maximum atomic E-state index is 12.5. The molecule has 1 amide bonds. The molecule has 1 aliphatic heterocycles. The number of nitrogens with one attached hydrogen (secondary N) is 2. The van der Waals surface area contributed by atoms with Gasteiger partial charge in [-0.3, -0.25) is 9.59 Å². The SMILES string of the molecule is C[C@@H]1CCCC[C@@H]1NC(=O)[C@@H](C)OC(=O)C1=C(Nc2ccccc2)OCC1=O. The minimum atomic E-state index is -1.000. The van der Waals surface area contributed by atoms with Crippen LogP contribution in [0.4, 0.5) is 5.69 Å². The molecule has 28 heavy (non-hydrogen) atoms. The number of benzene rings is 1. The largest absolute Gasteiger partial charge is 0.470 e. The Morgan fingerprint density at radius 1 is 1.18 bits per heavy atom. The third-order valence-corrected chi connectivity index (χ3v) is 5.18. The molecule has 0 aromatic heterocycles. The van der Waals surface area contributed by atoms with Gasteiger partial charge >= 0.3 is 5.97 Å². The Morgan fingerprint density at radius 3 is 2.61 bits per heavy atom. The number of ether oxygens (including phenoxy) is 2. The Balaban J connectivity index is 1.63. The topological polar surface area (TPSA) is 93.7 Å². The van der Waals surface area contributed by atoms with Crippen molar-refractivity contribution in [2.75, 3.05) is 11.9 Å². The second kappa shape index (κ2) is 8.91. The fourth-order valence-corrected chi connectivity index (χ4v) is 3.47. The van der Waals surface area contributed by atoms with E-state index in [1.165, 1.54) is 13.3 Å². The highest BCUT2D eigenvalue weighted by atomic mass is 16.6. The first-order chi connectivity index (χ1) is 13.5. The van der Waals surface area contributed by atoms with Crippen molar-refractivity contribution in [2.45, 2.75) is 51.7 Å². The molecule has 2 aliphatic rings. The zero-order chi connectivity index (χ0) is 20.1. The van der Waals surface area contributed by atoms with E-state index in [4.69, 9.17) is 9.47 Å². The first kappa shape index (κ1) is 19.9. The molecule has 1 aromatic rings. The van der Waals surface area contributed by atoms with Crippen molar-refractivity contribution in [3.63, 3.8) is 0 Å². The van der Waals surface area contributed by atoms with E-state index in [0.717, 1.165) is 19.3 Å². The first-order valence-corrected chi connectivity index (χ1v) is 9.69. The van der Waals surface area contributed by atoms with Crippen molar-refractivity contribution >= 4 is 23.3 Å². The van der Waals surface area contributed by atoms with Crippen molar-refractivity contribution in [3.8, 4) is 0 Å². The minimum Gasteiger partial charge on any atom is -0.470 e. The Morgan fingerprint density at radius 2 is 1.89 bits per heavy atom. The van der Waals surface area contributed by atoms with Crippen molar-refractivity contribution in [1.82, 2.24) is 5.32 Å². The molecule has 1 heterocycles. The van der Waals surface area contributed by atoms with Gasteiger partial charge in [0, 0.05) is 11.7 Å². The average molecular weight is 386 g/mol. The van der Waals surface area contributed by atoms with Crippen molar-refractivity contribution in [1.29, 1.82) is 0 Å². The van der Waals surface area contributed by atoms with E-state index in [1.54, 1.807) is 12.1 Å². The van der Waals surface area contributed by atoms with Crippen LogP contribution in [0.1, 0.15) is 39.5 Å². The Hall–Kier alpha value is -2.83. The van der Waals surface area contributed by atoms with Crippen LogP contribution >= 0.6 is 0 Å². The molecule has 3 atom stereocenters. The van der Waals surface area contributed by atoms with E-state index in [0.29, 0.717) is 11.6 Å². The number of ketones is 1. The molecular formula is C21H26N2O5. The molecular weight excluding hydrogens is 360 g/mol. The second-order valence-corrected chi connectivity index (χ2v) is 7.33. The summed E-state index contributed by atoms with van der Waals surface area (Å²) in [7, 11) is 0. The molecule has 1 aromatic carbocycles. The molecule has 7 heteroatoms. The molecule has 150 valence electrons. The highest BCUT2D eigenvalue weighted by Crippen LogP contribution is 2.24. The summed E-state index contributed by atoms with van der Waals surface area (Å²) in [4.78, 5) is 37.1. The lowest BCUT2D eigenvalue weighted by atomic mass is 9.86. The van der Waals surface area contributed by atoms with Gasteiger partial charge in [-0.25, -0.2) is 4.79 Å². The fourth-order valence-electron chi connectivity index (χ4n) is 3.47. The average Bonchev–Trinajstić information content (AvgIpc) is 3.04. The normalized spacial score (nSPS) is 23.0. The van der Waals surface area contributed by atoms with Crippen molar-refractivity contribution in [3.05, 3.63) is 41.8 Å². The number of anilines is 1. The summed E-state index contributed by atoms with van der Waals surface area (Å²) in [5.74, 6) is -1.24. The molecule has 0 radical (unpaired) electrons. The minimum absolute atomic E-state index is 0.0507. The van der Waals surface area contributed by atoms with Crippen LogP contribution in [0.15, 0.2) is 41.8 Å². The summed E-state index contributed by atoms with van der Waals surface area (Å²) < 4.78 is 10.6. The van der Waals surface area contributed by atoms with E-state index in [2.05, 4.69) is 17.6 Å². The number of Topliss-reactive ketones (excluding diaryl/α,β-unsaturated/α-hetero) is 1. The number of hydrogen-bond acceptors (Lipinski definition) is 6. The van der Waals surface area contributed by atoms with Gasteiger partial charge in [0.1, 0.15) is 0 Å². The molecule has 1 aliphatic carbocycles. The molecule has 0 bridgehead atoms. The van der Waals surface area contributed by atoms with Gasteiger partial charge in [0.25, 0.3) is 5.91 Å². The number of esters is 1. The van der Waals surface area contributed by atoms with Gasteiger partial charge in [-0.1, -0.05) is 38.0 Å². The standard InChI is InChI=1S/C21H26N2O5/c1-13-8-6-7-11-16(13)23-19(25)14(2)28-21(26)18-17(24)12-27-20(18)22-15-9-4-3-5-10-15/h3-5,9-10,13-14,16,22H,6-8,11-12H2,1-2H3,(H,23,25)/t13-,14-,16+/m1/s1. The van der Waals surface area contributed by atoms with Crippen molar-refractivity contribution < 1.29 is 23.9 Å². The van der Waals surface area contributed by atoms with E-state index in [1.807, 2.05) is 18.2 Å². The summed E-state index contributed by atoms with van der Waals surface area (Å²) >= 11 is 0. The van der Waals surface area contributed by atoms with E-state index < -0.39 is 17.9 Å². The van der Waals surface area contributed by atoms with Gasteiger partial charge in [0.2, 0.25) is 11.7 Å². The lowest BCUT2D eigenvalue weighted by Crippen LogP contribution is -2.46. The number of rotatable bonds is 6. The van der Waals surface area contributed by atoms with Gasteiger partial charge < -0.3 is 20.1 Å². The maximum Gasteiger partial charge on any atom is 0.348 e. The van der Waals surface area contributed by atoms with Crippen LogP contribution in [0.3, 0.4) is 0 Å². The predicted molar refractivity (Wildman–Crippen MR) is 103 cm³/mol. The van der Waals surface area contributed by atoms with Crippen molar-refractivity contribution in [2.24, 2.45) is 5.92 Å². The molecule has 1 fully saturated rings. The number of amides is 1. The van der Waals surface area contributed by atoms with Gasteiger partial charge in [-0.15, -0.1) is 0 Å². The summed E-state index contributed by atoms with van der Waals surface area (Å²) in [6.07, 6.45) is 3.26. The predicted octanol–water partition coefficient (Wildman–Crippen LogP) is 2.54. The Labute approximate surface area is 164 Å². The van der Waals surface area contributed by atoms with E-state index in [9.17, 15) is 14.4 Å². The number of para-hydroxylation sites is 1. The molecule has 1 saturated carbocycles. The molecule has 0 spiro atoms. The number of hydrogen-bond donors (Lipinski definition) is 2. The van der Waals surface area contributed by atoms with Crippen LogP contribution in [0.5, 0.6) is 0 Å². The number of carbonyl (C=O) groups excluding carboxylic acids is 3. The summed E-state index contributed by atoms with van der Waals surface area (Å²) in [6.45, 7) is 3.38. The molecule has 0 unspecified atom stereocenters. The third kappa shape index (κ3) is 4.71. The zero-order valence-electron chi connectivity index (χ0n) is 16.2. The lowest BCUT2D eigenvalue weighted by molar-refractivity contribution is -0.152. The molecule has 7 nitrogen and oxygen atoms in total. The Kier molecular flexibility index (Phi) is 6.34. The molecule has 3 rings (SSSR count). The van der Waals surface area contributed by atoms with Crippen LogP contribution in [0.2, 0.25) is 0 Å². The van der Waals surface area contributed by atoms with Gasteiger partial charge in [-0.05, 0) is 37.8 Å². The summed E-state index contributed by atoms with van der Waals surface area (Å²) in [5.41, 5.74) is 0.476.